The normalized spacial score (nSPS) is 17.7. The number of aliphatic carboxylic acids is 1. The van der Waals surface area contributed by atoms with Crippen molar-refractivity contribution in [3.63, 3.8) is 0 Å². The molecule has 0 amide bonds. The topological polar surface area (TPSA) is 46.5 Å². The van der Waals surface area contributed by atoms with Crippen LogP contribution in [-0.2, 0) is 4.79 Å². The molecule has 0 spiro atoms. The molecule has 0 saturated carbocycles. The monoisotopic (exact) mass is 246 g/mol. The summed E-state index contributed by atoms with van der Waals surface area (Å²) in [6, 6.07) is 5.88. The van der Waals surface area contributed by atoms with Gasteiger partial charge in [-0.1, -0.05) is 19.1 Å². The predicted molar refractivity (Wildman–Crippen MR) is 70.9 cm³/mol. The predicted octanol–water partition coefficient (Wildman–Crippen LogP) is 3.45. The van der Waals surface area contributed by atoms with Crippen molar-refractivity contribution in [3.8, 4) is 5.75 Å². The fourth-order valence-corrected chi connectivity index (χ4v) is 2.08. The average molecular weight is 246 g/mol. The highest BCUT2D eigenvalue weighted by molar-refractivity contribution is 5.68. The Balaban J connectivity index is 2.26. The number of ether oxygens (including phenoxy) is 1. The number of hydrogen-bond donors (Lipinski definition) is 1. The van der Waals surface area contributed by atoms with Gasteiger partial charge >= 0.3 is 5.97 Å². The van der Waals surface area contributed by atoms with Gasteiger partial charge in [-0.2, -0.15) is 0 Å². The molecule has 1 aliphatic heterocycles. The zero-order valence-corrected chi connectivity index (χ0v) is 10.9. The lowest BCUT2D eigenvalue weighted by Crippen LogP contribution is -2.27. The van der Waals surface area contributed by atoms with E-state index in [9.17, 15) is 4.79 Å². The molecule has 3 nitrogen and oxygen atoms in total. The third-order valence-corrected chi connectivity index (χ3v) is 3.12. The van der Waals surface area contributed by atoms with Crippen LogP contribution in [0.1, 0.15) is 44.2 Å². The van der Waals surface area contributed by atoms with Crippen LogP contribution < -0.4 is 4.74 Å². The van der Waals surface area contributed by atoms with Crippen molar-refractivity contribution in [3.05, 3.63) is 35.4 Å². The number of carboxylic acid groups (broad SMARTS) is 1. The molecule has 3 heteroatoms. The van der Waals surface area contributed by atoms with E-state index in [0.29, 0.717) is 0 Å². The van der Waals surface area contributed by atoms with Gasteiger partial charge in [0.15, 0.2) is 0 Å². The fraction of sp³-hybridized carbons (Fsp3) is 0.400. The van der Waals surface area contributed by atoms with Crippen LogP contribution in [0.3, 0.4) is 0 Å². The highest BCUT2D eigenvalue weighted by atomic mass is 16.5. The second kappa shape index (κ2) is 4.48. The summed E-state index contributed by atoms with van der Waals surface area (Å²) in [5.74, 6) is 0.0954. The molecule has 0 bridgehead atoms. The van der Waals surface area contributed by atoms with E-state index in [4.69, 9.17) is 9.84 Å². The van der Waals surface area contributed by atoms with Crippen LogP contribution in [0.25, 0.3) is 6.08 Å². The lowest BCUT2D eigenvalue weighted by molar-refractivity contribution is -0.137. The van der Waals surface area contributed by atoms with Gasteiger partial charge in [-0.15, -0.1) is 0 Å². The smallest absolute Gasteiger partial charge is 0.303 e. The van der Waals surface area contributed by atoms with Gasteiger partial charge in [0.05, 0.1) is 6.42 Å². The number of benzene rings is 1. The summed E-state index contributed by atoms with van der Waals surface area (Å²) < 4.78 is 5.83. The van der Waals surface area contributed by atoms with Gasteiger partial charge in [-0.05, 0) is 43.5 Å². The summed E-state index contributed by atoms with van der Waals surface area (Å²) in [5.41, 5.74) is 1.77. The Bertz CT molecular complexity index is 500. The van der Waals surface area contributed by atoms with E-state index in [2.05, 4.69) is 0 Å². The van der Waals surface area contributed by atoms with E-state index >= 15 is 0 Å². The minimum Gasteiger partial charge on any atom is -0.483 e. The molecule has 2 rings (SSSR count). The van der Waals surface area contributed by atoms with E-state index in [-0.39, 0.29) is 17.9 Å². The van der Waals surface area contributed by atoms with Gasteiger partial charge in [-0.3, -0.25) is 4.79 Å². The molecule has 1 unspecified atom stereocenters. The minimum absolute atomic E-state index is 0.0103. The zero-order valence-electron chi connectivity index (χ0n) is 10.9. The Morgan fingerprint density at radius 2 is 2.17 bits per heavy atom. The van der Waals surface area contributed by atoms with Gasteiger partial charge < -0.3 is 9.84 Å². The van der Waals surface area contributed by atoms with Gasteiger partial charge in [0, 0.05) is 5.56 Å². The molecule has 0 fully saturated rings. The maximum absolute atomic E-state index is 10.7. The molecule has 0 aliphatic carbocycles. The first-order valence-corrected chi connectivity index (χ1v) is 6.11. The van der Waals surface area contributed by atoms with Crippen molar-refractivity contribution in [2.45, 2.75) is 38.7 Å². The molecule has 1 aliphatic rings. The van der Waals surface area contributed by atoms with E-state index in [1.54, 1.807) is 0 Å². The standard InChI is InChI=1S/C15H18O3/c1-10(8-14(16)17)11-4-5-13-12(9-11)6-7-15(2,3)18-13/h4-7,9-10H,8H2,1-3H3,(H,16,17). The van der Waals surface area contributed by atoms with Crippen LogP contribution in [-0.4, -0.2) is 16.7 Å². The lowest BCUT2D eigenvalue weighted by Gasteiger charge is -2.28. The van der Waals surface area contributed by atoms with Crippen LogP contribution in [0.15, 0.2) is 24.3 Å². The molecule has 1 aromatic carbocycles. The van der Waals surface area contributed by atoms with Gasteiger partial charge in [0.25, 0.3) is 0 Å². The summed E-state index contributed by atoms with van der Waals surface area (Å²) in [6.07, 6.45) is 4.20. The molecular weight excluding hydrogens is 228 g/mol. The SMILES string of the molecule is CC(CC(=O)O)c1ccc2c(c1)C=CC(C)(C)O2. The number of rotatable bonds is 3. The summed E-state index contributed by atoms with van der Waals surface area (Å²) in [7, 11) is 0. The molecule has 1 aromatic rings. The van der Waals surface area contributed by atoms with E-state index in [0.717, 1.165) is 16.9 Å². The number of carbonyl (C=O) groups is 1. The van der Waals surface area contributed by atoms with Crippen molar-refractivity contribution < 1.29 is 14.6 Å². The maximum atomic E-state index is 10.7. The van der Waals surface area contributed by atoms with E-state index in [1.807, 2.05) is 51.1 Å². The van der Waals surface area contributed by atoms with Crippen LogP contribution >= 0.6 is 0 Å². The number of carboxylic acids is 1. The first-order chi connectivity index (χ1) is 8.37. The van der Waals surface area contributed by atoms with Crippen molar-refractivity contribution in [2.75, 3.05) is 0 Å². The van der Waals surface area contributed by atoms with E-state index in [1.165, 1.54) is 0 Å². The van der Waals surface area contributed by atoms with E-state index < -0.39 is 5.97 Å². The van der Waals surface area contributed by atoms with Crippen molar-refractivity contribution in [2.24, 2.45) is 0 Å². The third kappa shape index (κ3) is 2.73. The molecule has 0 radical (unpaired) electrons. The van der Waals surface area contributed by atoms with Crippen LogP contribution in [0.4, 0.5) is 0 Å². The Labute approximate surface area is 107 Å². The van der Waals surface area contributed by atoms with Crippen LogP contribution in [0.2, 0.25) is 0 Å². The number of fused-ring (bicyclic) bond motifs is 1. The Hall–Kier alpha value is -1.77. The molecule has 18 heavy (non-hydrogen) atoms. The summed E-state index contributed by atoms with van der Waals surface area (Å²) in [5, 5.41) is 8.81. The zero-order chi connectivity index (χ0) is 13.3. The molecule has 1 N–H and O–H groups in total. The maximum Gasteiger partial charge on any atom is 0.303 e. The van der Waals surface area contributed by atoms with Crippen LogP contribution in [0.5, 0.6) is 5.75 Å². The molecular formula is C15H18O3. The van der Waals surface area contributed by atoms with Crippen molar-refractivity contribution in [1.82, 2.24) is 0 Å². The van der Waals surface area contributed by atoms with Crippen molar-refractivity contribution in [1.29, 1.82) is 0 Å². The summed E-state index contributed by atoms with van der Waals surface area (Å²) >= 11 is 0. The first-order valence-electron chi connectivity index (χ1n) is 6.11. The average Bonchev–Trinajstić information content (AvgIpc) is 2.26. The Kier molecular flexibility index (Phi) is 3.16. The van der Waals surface area contributed by atoms with Crippen LogP contribution in [0, 0.1) is 0 Å². The molecule has 0 saturated heterocycles. The summed E-state index contributed by atoms with van der Waals surface area (Å²) in [4.78, 5) is 10.7. The second-order valence-corrected chi connectivity index (χ2v) is 5.34. The van der Waals surface area contributed by atoms with Gasteiger partial charge in [0.1, 0.15) is 11.4 Å². The van der Waals surface area contributed by atoms with Crippen molar-refractivity contribution >= 4 is 12.0 Å². The number of hydrogen-bond acceptors (Lipinski definition) is 2. The quantitative estimate of drug-likeness (QED) is 0.888. The molecule has 1 heterocycles. The largest absolute Gasteiger partial charge is 0.483 e. The third-order valence-electron chi connectivity index (χ3n) is 3.12. The minimum atomic E-state index is -0.770. The highest BCUT2D eigenvalue weighted by Crippen LogP contribution is 2.33. The first kappa shape index (κ1) is 12.7. The Morgan fingerprint density at radius 1 is 1.44 bits per heavy atom. The molecule has 96 valence electrons. The molecule has 0 aromatic heterocycles. The summed E-state index contributed by atoms with van der Waals surface area (Å²) in [6.45, 7) is 5.94. The lowest BCUT2D eigenvalue weighted by atomic mass is 9.94. The Morgan fingerprint density at radius 3 is 2.83 bits per heavy atom. The van der Waals surface area contributed by atoms with Gasteiger partial charge in [-0.25, -0.2) is 0 Å². The highest BCUT2D eigenvalue weighted by Gasteiger charge is 2.22. The fourth-order valence-electron chi connectivity index (χ4n) is 2.08. The molecule has 1 atom stereocenters. The van der Waals surface area contributed by atoms with Gasteiger partial charge in [0.2, 0.25) is 0 Å². The second-order valence-electron chi connectivity index (χ2n) is 5.34.